The Balaban J connectivity index is 2.61. The highest BCUT2D eigenvalue weighted by molar-refractivity contribution is 7.13. The van der Waals surface area contributed by atoms with Crippen molar-refractivity contribution in [1.82, 2.24) is 9.88 Å². The molecule has 0 atom stereocenters. The van der Waals surface area contributed by atoms with E-state index in [0.717, 1.165) is 23.9 Å². The second-order valence-corrected chi connectivity index (χ2v) is 5.04. The van der Waals surface area contributed by atoms with Crippen molar-refractivity contribution in [2.45, 2.75) is 13.3 Å². The van der Waals surface area contributed by atoms with Gasteiger partial charge in [-0.25, -0.2) is 4.98 Å². The molecule has 0 radical (unpaired) electrons. The molecule has 0 bridgehead atoms. The van der Waals surface area contributed by atoms with E-state index in [4.69, 9.17) is 5.11 Å². The number of hydrogen-bond donors (Lipinski definition) is 1. The molecule has 0 fully saturated rings. The molecular weight excluding hydrogens is 238 g/mol. The predicted octanol–water partition coefficient (Wildman–Crippen LogP) is 1.29. The van der Waals surface area contributed by atoms with Crippen molar-refractivity contribution in [2.75, 3.05) is 38.6 Å². The second kappa shape index (κ2) is 6.56. The average Bonchev–Trinajstić information content (AvgIpc) is 2.64. The number of aryl methyl sites for hydroxylation is 1. The van der Waals surface area contributed by atoms with Gasteiger partial charge in [-0.2, -0.15) is 0 Å². The van der Waals surface area contributed by atoms with Gasteiger partial charge in [-0.1, -0.05) is 0 Å². The molecule has 0 unspecified atom stereocenters. The van der Waals surface area contributed by atoms with Crippen LogP contribution in [0.4, 0.5) is 5.13 Å². The molecule has 1 N–H and O–H groups in total. The van der Waals surface area contributed by atoms with Gasteiger partial charge in [-0.05, 0) is 21.0 Å². The van der Waals surface area contributed by atoms with E-state index in [9.17, 15) is 4.79 Å². The Labute approximate surface area is 106 Å². The largest absolute Gasteiger partial charge is 0.481 e. The highest BCUT2D eigenvalue weighted by atomic mass is 32.1. The summed E-state index contributed by atoms with van der Waals surface area (Å²) < 4.78 is 0. The summed E-state index contributed by atoms with van der Waals surface area (Å²) in [7, 11) is 4.00. The van der Waals surface area contributed by atoms with E-state index < -0.39 is 5.97 Å². The predicted molar refractivity (Wildman–Crippen MR) is 69.9 cm³/mol. The normalized spacial score (nSPS) is 10.8. The van der Waals surface area contributed by atoms with Crippen molar-refractivity contribution < 1.29 is 9.90 Å². The van der Waals surface area contributed by atoms with Crippen LogP contribution < -0.4 is 4.90 Å². The molecule has 1 rings (SSSR count). The van der Waals surface area contributed by atoms with Crippen molar-refractivity contribution in [3.8, 4) is 0 Å². The molecule has 0 aliphatic heterocycles. The van der Waals surface area contributed by atoms with Crippen molar-refractivity contribution in [2.24, 2.45) is 0 Å². The lowest BCUT2D eigenvalue weighted by molar-refractivity contribution is -0.136. The van der Waals surface area contributed by atoms with Crippen LogP contribution in [0.15, 0.2) is 5.38 Å². The molecule has 1 aromatic heterocycles. The number of aromatic nitrogens is 1. The van der Waals surface area contributed by atoms with Crippen LogP contribution in [0.5, 0.6) is 0 Å². The zero-order valence-electron chi connectivity index (χ0n) is 10.5. The molecule has 0 saturated carbocycles. The molecule has 5 nitrogen and oxygen atoms in total. The highest BCUT2D eigenvalue weighted by Crippen LogP contribution is 2.20. The van der Waals surface area contributed by atoms with Gasteiger partial charge in [0.1, 0.15) is 0 Å². The fraction of sp³-hybridized carbons (Fsp3) is 0.636. The molecule has 0 amide bonds. The van der Waals surface area contributed by atoms with Gasteiger partial charge in [0.2, 0.25) is 0 Å². The third-order valence-corrected chi connectivity index (χ3v) is 3.31. The van der Waals surface area contributed by atoms with Gasteiger partial charge in [0.05, 0.1) is 12.1 Å². The number of likely N-dealkylation sites (N-methyl/N-ethyl adjacent to an activating group) is 1. The zero-order chi connectivity index (χ0) is 12.8. The van der Waals surface area contributed by atoms with Crippen molar-refractivity contribution in [3.05, 3.63) is 11.1 Å². The molecule has 96 valence electrons. The van der Waals surface area contributed by atoms with E-state index in [0.29, 0.717) is 6.54 Å². The summed E-state index contributed by atoms with van der Waals surface area (Å²) in [4.78, 5) is 19.1. The van der Waals surface area contributed by atoms with Crippen LogP contribution in [-0.4, -0.2) is 54.7 Å². The average molecular weight is 257 g/mol. The topological polar surface area (TPSA) is 56.7 Å². The Morgan fingerprint density at radius 3 is 2.59 bits per heavy atom. The minimum Gasteiger partial charge on any atom is -0.481 e. The lowest BCUT2D eigenvalue weighted by Crippen LogP contribution is -2.33. The summed E-state index contributed by atoms with van der Waals surface area (Å²) in [6.45, 7) is 4.14. The summed E-state index contributed by atoms with van der Waals surface area (Å²) in [5, 5.41) is 11.6. The van der Waals surface area contributed by atoms with Gasteiger partial charge < -0.3 is 14.9 Å². The first-order chi connectivity index (χ1) is 7.99. The first kappa shape index (κ1) is 13.9. The molecule has 1 heterocycles. The number of carbonyl (C=O) groups is 1. The summed E-state index contributed by atoms with van der Waals surface area (Å²) in [5.41, 5.74) is 0.982. The van der Waals surface area contributed by atoms with Crippen molar-refractivity contribution >= 4 is 22.4 Å². The summed E-state index contributed by atoms with van der Waals surface area (Å²) in [6, 6.07) is 0. The Kier molecular flexibility index (Phi) is 5.37. The molecule has 0 saturated heterocycles. The number of rotatable bonds is 7. The van der Waals surface area contributed by atoms with Crippen molar-refractivity contribution in [1.29, 1.82) is 0 Å². The molecular formula is C11H19N3O2S. The second-order valence-electron chi connectivity index (χ2n) is 4.21. The number of anilines is 1. The zero-order valence-corrected chi connectivity index (χ0v) is 11.3. The third-order valence-electron chi connectivity index (χ3n) is 2.29. The van der Waals surface area contributed by atoms with Crippen LogP contribution in [0.25, 0.3) is 0 Å². The Bertz CT molecular complexity index is 365. The number of hydrogen-bond acceptors (Lipinski definition) is 5. The quantitative estimate of drug-likeness (QED) is 0.798. The number of nitrogens with zero attached hydrogens (tertiary/aromatic N) is 3. The van der Waals surface area contributed by atoms with Crippen LogP contribution in [-0.2, 0) is 4.79 Å². The molecule has 6 heteroatoms. The summed E-state index contributed by atoms with van der Waals surface area (Å²) in [6.07, 6.45) is 0.145. The fourth-order valence-corrected chi connectivity index (χ4v) is 2.20. The number of carboxylic acid groups (broad SMARTS) is 1. The maximum absolute atomic E-state index is 10.6. The fourth-order valence-electron chi connectivity index (χ4n) is 1.34. The third kappa shape index (κ3) is 5.14. The molecule has 1 aromatic rings. The molecule has 0 aliphatic carbocycles. The lowest BCUT2D eigenvalue weighted by atomic mass is 10.4. The van der Waals surface area contributed by atoms with E-state index >= 15 is 0 Å². The van der Waals surface area contributed by atoms with Gasteiger partial charge >= 0.3 is 5.97 Å². The van der Waals surface area contributed by atoms with E-state index in [1.165, 1.54) is 0 Å². The molecule has 0 spiro atoms. The molecule has 0 aliphatic rings. The van der Waals surface area contributed by atoms with Crippen LogP contribution in [0.3, 0.4) is 0 Å². The molecule has 17 heavy (non-hydrogen) atoms. The van der Waals surface area contributed by atoms with Crippen LogP contribution >= 0.6 is 11.3 Å². The lowest BCUT2D eigenvalue weighted by Gasteiger charge is -2.22. The van der Waals surface area contributed by atoms with Gasteiger partial charge in [0.25, 0.3) is 0 Å². The number of thiazole rings is 1. The SMILES string of the molecule is Cc1csc(N(CCC(=O)O)CCN(C)C)n1. The van der Waals surface area contributed by atoms with E-state index in [2.05, 4.69) is 9.88 Å². The minimum atomic E-state index is -0.770. The van der Waals surface area contributed by atoms with Gasteiger partial charge in [0, 0.05) is 25.0 Å². The van der Waals surface area contributed by atoms with Crippen LogP contribution in [0, 0.1) is 6.92 Å². The van der Waals surface area contributed by atoms with Crippen LogP contribution in [0.2, 0.25) is 0 Å². The van der Waals surface area contributed by atoms with Gasteiger partial charge in [-0.15, -0.1) is 11.3 Å². The van der Waals surface area contributed by atoms with Crippen LogP contribution in [0.1, 0.15) is 12.1 Å². The number of aliphatic carboxylic acids is 1. The van der Waals surface area contributed by atoms with E-state index in [-0.39, 0.29) is 6.42 Å². The van der Waals surface area contributed by atoms with Gasteiger partial charge in [-0.3, -0.25) is 4.79 Å². The monoisotopic (exact) mass is 257 g/mol. The van der Waals surface area contributed by atoms with E-state index in [1.807, 2.05) is 31.3 Å². The maximum Gasteiger partial charge on any atom is 0.305 e. The molecule has 0 aromatic carbocycles. The van der Waals surface area contributed by atoms with E-state index in [1.54, 1.807) is 11.3 Å². The Morgan fingerprint density at radius 2 is 2.12 bits per heavy atom. The summed E-state index contributed by atoms with van der Waals surface area (Å²) >= 11 is 1.56. The smallest absolute Gasteiger partial charge is 0.305 e. The number of carboxylic acids is 1. The highest BCUT2D eigenvalue weighted by Gasteiger charge is 2.12. The standard InChI is InChI=1S/C11H19N3O2S/c1-9-8-17-11(12-9)14(5-4-10(15)16)7-6-13(2)3/h8H,4-7H2,1-3H3,(H,15,16). The summed E-state index contributed by atoms with van der Waals surface area (Å²) in [5.74, 6) is -0.770. The minimum absolute atomic E-state index is 0.145. The first-order valence-corrected chi connectivity index (χ1v) is 6.40. The Morgan fingerprint density at radius 1 is 1.41 bits per heavy atom. The Hall–Kier alpha value is -1.14. The van der Waals surface area contributed by atoms with Crippen molar-refractivity contribution in [3.63, 3.8) is 0 Å². The maximum atomic E-state index is 10.6. The van der Waals surface area contributed by atoms with Gasteiger partial charge in [0.15, 0.2) is 5.13 Å². The first-order valence-electron chi connectivity index (χ1n) is 5.52.